The van der Waals surface area contributed by atoms with E-state index in [9.17, 15) is 9.90 Å². The van der Waals surface area contributed by atoms with Crippen molar-refractivity contribution in [3.05, 3.63) is 29.8 Å². The van der Waals surface area contributed by atoms with Gasteiger partial charge in [0, 0.05) is 6.54 Å². The standard InChI is InChI=1S/C16H24N2O3/c1-11(19)9-10-17-16(20)18-15(12-3-4-12)13-5-7-14(21-2)8-6-13/h5-8,11-12,15,19H,3-4,9-10H2,1-2H3,(H2,17,18,20). The molecule has 0 radical (unpaired) electrons. The molecular weight excluding hydrogens is 268 g/mol. The first-order valence-electron chi connectivity index (χ1n) is 7.46. The van der Waals surface area contributed by atoms with Gasteiger partial charge in [0.15, 0.2) is 0 Å². The zero-order valence-electron chi connectivity index (χ0n) is 12.6. The number of amides is 2. The van der Waals surface area contributed by atoms with E-state index in [1.54, 1.807) is 14.0 Å². The van der Waals surface area contributed by atoms with Crippen LogP contribution in [-0.4, -0.2) is 30.9 Å². The molecule has 1 fully saturated rings. The van der Waals surface area contributed by atoms with Gasteiger partial charge in [-0.25, -0.2) is 4.79 Å². The lowest BCUT2D eigenvalue weighted by atomic mass is 10.0. The van der Waals surface area contributed by atoms with Gasteiger partial charge in [0.05, 0.1) is 19.3 Å². The van der Waals surface area contributed by atoms with Crippen LogP contribution in [0.25, 0.3) is 0 Å². The first-order valence-corrected chi connectivity index (χ1v) is 7.46. The van der Waals surface area contributed by atoms with Crippen molar-refractivity contribution < 1.29 is 14.6 Å². The Labute approximate surface area is 125 Å². The molecule has 2 amide bonds. The highest BCUT2D eigenvalue weighted by molar-refractivity contribution is 5.74. The van der Waals surface area contributed by atoms with Gasteiger partial charge in [-0.2, -0.15) is 0 Å². The Hall–Kier alpha value is -1.75. The van der Waals surface area contributed by atoms with Crippen LogP contribution in [0, 0.1) is 5.92 Å². The molecule has 1 aliphatic rings. The molecule has 5 nitrogen and oxygen atoms in total. The number of hydrogen-bond acceptors (Lipinski definition) is 3. The van der Waals surface area contributed by atoms with Crippen molar-refractivity contribution in [2.45, 2.75) is 38.3 Å². The van der Waals surface area contributed by atoms with Gasteiger partial charge in [-0.1, -0.05) is 12.1 Å². The van der Waals surface area contributed by atoms with Gasteiger partial charge in [0.1, 0.15) is 5.75 Å². The Bertz CT molecular complexity index is 455. The number of urea groups is 1. The molecule has 0 aromatic heterocycles. The molecule has 2 atom stereocenters. The Kier molecular flexibility index (Phi) is 5.44. The van der Waals surface area contributed by atoms with E-state index in [-0.39, 0.29) is 12.1 Å². The normalized spacial score (nSPS) is 16.9. The summed E-state index contributed by atoms with van der Waals surface area (Å²) in [7, 11) is 1.64. The lowest BCUT2D eigenvalue weighted by Crippen LogP contribution is -2.39. The first-order chi connectivity index (χ1) is 10.1. The van der Waals surface area contributed by atoms with Gasteiger partial charge in [0.2, 0.25) is 0 Å². The van der Waals surface area contributed by atoms with E-state index >= 15 is 0 Å². The smallest absolute Gasteiger partial charge is 0.315 e. The van der Waals surface area contributed by atoms with E-state index in [4.69, 9.17) is 4.74 Å². The maximum Gasteiger partial charge on any atom is 0.315 e. The number of carbonyl (C=O) groups is 1. The van der Waals surface area contributed by atoms with Crippen LogP contribution in [-0.2, 0) is 0 Å². The van der Waals surface area contributed by atoms with E-state index < -0.39 is 6.10 Å². The van der Waals surface area contributed by atoms with Crippen LogP contribution in [0.4, 0.5) is 4.79 Å². The van der Waals surface area contributed by atoms with E-state index in [1.165, 1.54) is 0 Å². The van der Waals surface area contributed by atoms with Crippen LogP contribution in [0.15, 0.2) is 24.3 Å². The molecule has 1 aromatic carbocycles. The Morgan fingerprint density at radius 3 is 2.57 bits per heavy atom. The summed E-state index contributed by atoms with van der Waals surface area (Å²) in [6, 6.07) is 7.69. The van der Waals surface area contributed by atoms with Crippen molar-refractivity contribution >= 4 is 6.03 Å². The molecular formula is C16H24N2O3. The molecule has 116 valence electrons. The Morgan fingerprint density at radius 2 is 2.05 bits per heavy atom. The third-order valence-corrected chi connectivity index (χ3v) is 3.70. The molecule has 5 heteroatoms. The third kappa shape index (κ3) is 4.93. The van der Waals surface area contributed by atoms with Crippen molar-refractivity contribution in [1.82, 2.24) is 10.6 Å². The fraction of sp³-hybridized carbons (Fsp3) is 0.562. The van der Waals surface area contributed by atoms with Gasteiger partial charge in [-0.05, 0) is 49.8 Å². The lowest BCUT2D eigenvalue weighted by molar-refractivity contribution is 0.183. The molecule has 21 heavy (non-hydrogen) atoms. The third-order valence-electron chi connectivity index (χ3n) is 3.70. The Balaban J connectivity index is 1.91. The summed E-state index contributed by atoms with van der Waals surface area (Å²) >= 11 is 0. The maximum atomic E-state index is 11.9. The van der Waals surface area contributed by atoms with Crippen LogP contribution in [0.1, 0.15) is 37.8 Å². The number of carbonyl (C=O) groups excluding carboxylic acids is 1. The van der Waals surface area contributed by atoms with E-state index in [0.717, 1.165) is 24.2 Å². The molecule has 1 aliphatic carbocycles. The van der Waals surface area contributed by atoms with Crippen LogP contribution < -0.4 is 15.4 Å². The van der Waals surface area contributed by atoms with Gasteiger partial charge in [-0.3, -0.25) is 0 Å². The zero-order chi connectivity index (χ0) is 15.2. The topological polar surface area (TPSA) is 70.6 Å². The molecule has 0 bridgehead atoms. The SMILES string of the molecule is COc1ccc(C(NC(=O)NCCC(C)O)C2CC2)cc1. The van der Waals surface area contributed by atoms with Crippen molar-refractivity contribution in [2.24, 2.45) is 5.92 Å². The average Bonchev–Trinajstić information content (AvgIpc) is 3.29. The molecule has 2 unspecified atom stereocenters. The van der Waals surface area contributed by atoms with Gasteiger partial charge < -0.3 is 20.5 Å². The van der Waals surface area contributed by atoms with Crippen molar-refractivity contribution in [3.63, 3.8) is 0 Å². The monoisotopic (exact) mass is 292 g/mol. The molecule has 3 N–H and O–H groups in total. The quantitative estimate of drug-likeness (QED) is 0.721. The van der Waals surface area contributed by atoms with E-state index in [2.05, 4.69) is 10.6 Å². The van der Waals surface area contributed by atoms with Crippen LogP contribution >= 0.6 is 0 Å². The van der Waals surface area contributed by atoms with Crippen LogP contribution in [0.5, 0.6) is 5.75 Å². The molecule has 2 rings (SSSR count). The van der Waals surface area contributed by atoms with Gasteiger partial charge in [-0.15, -0.1) is 0 Å². The van der Waals surface area contributed by atoms with E-state index in [0.29, 0.717) is 18.9 Å². The van der Waals surface area contributed by atoms with Crippen LogP contribution in [0.3, 0.4) is 0 Å². The zero-order valence-corrected chi connectivity index (χ0v) is 12.6. The number of nitrogens with one attached hydrogen (secondary N) is 2. The molecule has 1 aromatic rings. The highest BCUT2D eigenvalue weighted by atomic mass is 16.5. The number of aliphatic hydroxyl groups is 1. The predicted octanol–water partition coefficient (Wildman–Crippen LogP) is 2.22. The minimum absolute atomic E-state index is 0.0439. The number of hydrogen-bond donors (Lipinski definition) is 3. The summed E-state index contributed by atoms with van der Waals surface area (Å²) in [4.78, 5) is 11.9. The van der Waals surface area contributed by atoms with Crippen molar-refractivity contribution in [3.8, 4) is 5.75 Å². The fourth-order valence-electron chi connectivity index (χ4n) is 2.30. The average molecular weight is 292 g/mol. The Morgan fingerprint density at radius 1 is 1.38 bits per heavy atom. The van der Waals surface area contributed by atoms with Crippen molar-refractivity contribution in [2.75, 3.05) is 13.7 Å². The first kappa shape index (κ1) is 15.6. The predicted molar refractivity (Wildman–Crippen MR) is 81.3 cm³/mol. The summed E-state index contributed by atoms with van der Waals surface area (Å²) in [6.45, 7) is 2.19. The number of rotatable bonds is 7. The maximum absolute atomic E-state index is 11.9. The molecule has 0 spiro atoms. The van der Waals surface area contributed by atoms with Crippen LogP contribution in [0.2, 0.25) is 0 Å². The second-order valence-electron chi connectivity index (χ2n) is 5.63. The highest BCUT2D eigenvalue weighted by Gasteiger charge is 2.33. The number of aliphatic hydroxyl groups excluding tert-OH is 1. The summed E-state index contributed by atoms with van der Waals surface area (Å²) in [6.07, 6.45) is 2.45. The lowest BCUT2D eigenvalue weighted by Gasteiger charge is -2.19. The van der Waals surface area contributed by atoms with Crippen molar-refractivity contribution in [1.29, 1.82) is 0 Å². The molecule has 1 saturated carbocycles. The molecule has 0 aliphatic heterocycles. The second-order valence-corrected chi connectivity index (χ2v) is 5.63. The molecule has 0 saturated heterocycles. The number of ether oxygens (including phenoxy) is 1. The van der Waals surface area contributed by atoms with E-state index in [1.807, 2.05) is 24.3 Å². The minimum Gasteiger partial charge on any atom is -0.497 e. The number of benzene rings is 1. The fourth-order valence-corrected chi connectivity index (χ4v) is 2.30. The highest BCUT2D eigenvalue weighted by Crippen LogP contribution is 2.41. The second kappa shape index (κ2) is 7.31. The number of methoxy groups -OCH3 is 1. The summed E-state index contributed by atoms with van der Waals surface area (Å²) < 4.78 is 5.16. The molecule has 0 heterocycles. The summed E-state index contributed by atoms with van der Waals surface area (Å²) in [5.74, 6) is 1.33. The minimum atomic E-state index is -0.397. The largest absolute Gasteiger partial charge is 0.497 e. The van der Waals surface area contributed by atoms with Gasteiger partial charge in [0.25, 0.3) is 0 Å². The summed E-state index contributed by atoms with van der Waals surface area (Å²) in [5, 5.41) is 15.0. The summed E-state index contributed by atoms with van der Waals surface area (Å²) in [5.41, 5.74) is 1.10. The van der Waals surface area contributed by atoms with Gasteiger partial charge >= 0.3 is 6.03 Å².